The molecule has 9 aliphatic rings. The molecule has 6 aliphatic carbocycles. The van der Waals surface area contributed by atoms with Crippen LogP contribution in [0, 0.1) is 39.9 Å². The molecular weight excluding hydrogens is 302 g/mol. The minimum atomic E-state index is -0.460. The Balaban J connectivity index is 1.54. The molecule has 9 fully saturated rings. The van der Waals surface area contributed by atoms with Gasteiger partial charge in [-0.15, -0.1) is 0 Å². The Labute approximate surface area is 142 Å². The smallest absolute Gasteiger partial charge is 0.0679 e. The molecule has 9 rings (SSSR count). The molecule has 3 aliphatic heterocycles. The SMILES string of the molecule is C=C1C[C@@]23CC4C5[C@@]6(C)C[C@H](O)C[C@@]57C2[C@H](O)[C@@H]1[C@H](O)[C@H]3[C@H]7N4C6. The molecular formula is C20H27NO3. The lowest BCUT2D eigenvalue weighted by Crippen LogP contribution is -2.67. The van der Waals surface area contributed by atoms with E-state index in [4.69, 9.17) is 0 Å². The van der Waals surface area contributed by atoms with Crippen LogP contribution in [0.1, 0.15) is 32.6 Å². The number of hydrogen-bond donors (Lipinski definition) is 3. The summed E-state index contributed by atoms with van der Waals surface area (Å²) in [7, 11) is 0. The van der Waals surface area contributed by atoms with Gasteiger partial charge in [0.25, 0.3) is 0 Å². The minimum Gasteiger partial charge on any atom is -0.393 e. The van der Waals surface area contributed by atoms with Gasteiger partial charge in [0.2, 0.25) is 0 Å². The fourth-order valence-corrected chi connectivity index (χ4v) is 10.7. The number of nitrogens with zero attached hydrogens (tertiary/aromatic N) is 1. The maximum atomic E-state index is 11.3. The highest BCUT2D eigenvalue weighted by Gasteiger charge is 2.90. The van der Waals surface area contributed by atoms with Crippen molar-refractivity contribution in [1.82, 2.24) is 4.90 Å². The van der Waals surface area contributed by atoms with Crippen LogP contribution in [0.3, 0.4) is 0 Å². The molecule has 3 saturated heterocycles. The van der Waals surface area contributed by atoms with Crippen molar-refractivity contribution in [2.24, 2.45) is 39.9 Å². The molecule has 24 heavy (non-hydrogen) atoms. The van der Waals surface area contributed by atoms with E-state index in [1.807, 2.05) is 0 Å². The average Bonchev–Trinajstić information content (AvgIpc) is 2.88. The molecule has 6 saturated carbocycles. The largest absolute Gasteiger partial charge is 0.393 e. The Kier molecular flexibility index (Phi) is 1.95. The molecule has 4 heteroatoms. The van der Waals surface area contributed by atoms with Gasteiger partial charge in [-0.1, -0.05) is 19.1 Å². The number of aliphatic hydroxyl groups is 3. The summed E-state index contributed by atoms with van der Waals surface area (Å²) < 4.78 is 0. The normalized spacial score (nSPS) is 76.1. The minimum absolute atomic E-state index is 0.0358. The first-order valence-corrected chi connectivity index (χ1v) is 9.83. The second-order valence-electron chi connectivity index (χ2n) is 10.8. The van der Waals surface area contributed by atoms with Crippen LogP contribution in [-0.2, 0) is 0 Å². The van der Waals surface area contributed by atoms with E-state index >= 15 is 0 Å². The van der Waals surface area contributed by atoms with Gasteiger partial charge < -0.3 is 15.3 Å². The first-order valence-electron chi connectivity index (χ1n) is 9.83. The third-order valence-corrected chi connectivity index (χ3v) is 10.1. The maximum absolute atomic E-state index is 11.3. The van der Waals surface area contributed by atoms with Crippen LogP contribution in [0.4, 0.5) is 0 Å². The van der Waals surface area contributed by atoms with Crippen molar-refractivity contribution in [3.05, 3.63) is 12.2 Å². The van der Waals surface area contributed by atoms with Crippen LogP contribution in [0.2, 0.25) is 0 Å². The Hall–Kier alpha value is -0.420. The van der Waals surface area contributed by atoms with Crippen LogP contribution < -0.4 is 0 Å². The summed E-state index contributed by atoms with van der Waals surface area (Å²) in [6.07, 6.45) is 2.76. The van der Waals surface area contributed by atoms with Gasteiger partial charge >= 0.3 is 0 Å². The summed E-state index contributed by atoms with van der Waals surface area (Å²) in [5.74, 6) is 1.02. The second-order valence-corrected chi connectivity index (χ2v) is 10.8. The zero-order chi connectivity index (χ0) is 16.4. The zero-order valence-corrected chi connectivity index (χ0v) is 14.2. The third kappa shape index (κ3) is 0.980. The van der Waals surface area contributed by atoms with Gasteiger partial charge in [-0.3, -0.25) is 4.90 Å². The van der Waals surface area contributed by atoms with Crippen molar-refractivity contribution in [2.75, 3.05) is 6.54 Å². The lowest BCUT2D eigenvalue weighted by atomic mass is 9.39. The Morgan fingerprint density at radius 3 is 2.67 bits per heavy atom. The van der Waals surface area contributed by atoms with Crippen molar-refractivity contribution in [3.8, 4) is 0 Å². The summed E-state index contributed by atoms with van der Waals surface area (Å²) in [4.78, 5) is 2.73. The summed E-state index contributed by atoms with van der Waals surface area (Å²) >= 11 is 0. The van der Waals surface area contributed by atoms with Gasteiger partial charge in [-0.2, -0.15) is 0 Å². The lowest BCUT2D eigenvalue weighted by Gasteiger charge is -2.65. The van der Waals surface area contributed by atoms with E-state index in [0.717, 1.165) is 37.8 Å². The van der Waals surface area contributed by atoms with Crippen LogP contribution in [0.5, 0.6) is 0 Å². The summed E-state index contributed by atoms with van der Waals surface area (Å²) in [5, 5.41) is 33.3. The molecule has 13 atom stereocenters. The van der Waals surface area contributed by atoms with E-state index in [1.54, 1.807) is 0 Å². The topological polar surface area (TPSA) is 63.9 Å². The van der Waals surface area contributed by atoms with E-state index < -0.39 is 12.2 Å². The fraction of sp³-hybridized carbons (Fsp3) is 0.900. The van der Waals surface area contributed by atoms with Gasteiger partial charge in [-0.05, 0) is 53.8 Å². The molecule has 0 amide bonds. The predicted molar refractivity (Wildman–Crippen MR) is 86.8 cm³/mol. The van der Waals surface area contributed by atoms with Crippen LogP contribution in [0.15, 0.2) is 12.2 Å². The van der Waals surface area contributed by atoms with Crippen molar-refractivity contribution < 1.29 is 15.3 Å². The highest BCUT2D eigenvalue weighted by molar-refractivity contribution is 5.43. The number of hydrogen-bond acceptors (Lipinski definition) is 4. The molecule has 4 nitrogen and oxygen atoms in total. The molecule has 2 spiro atoms. The molecule has 130 valence electrons. The Morgan fingerprint density at radius 2 is 1.88 bits per heavy atom. The van der Waals surface area contributed by atoms with Crippen molar-refractivity contribution >= 4 is 0 Å². The van der Waals surface area contributed by atoms with E-state index in [0.29, 0.717) is 18.0 Å². The average molecular weight is 329 g/mol. The molecule has 0 aromatic heterocycles. The number of rotatable bonds is 0. The first-order chi connectivity index (χ1) is 11.4. The standard InChI is InChI=1S/C20H27NO3/c1-8-3-19-6-10-15-18(2)4-9(22)5-20(15)16(19)14(24)11(8)13(23)12(19)17(20)21(10)7-18/h9-17,22-24H,1,3-7H2,2H3/t9-,10?,11-,12-,13-,14+,15?,16?,17+,18-,19-,20-/m0/s1. The molecule has 4 unspecified atom stereocenters. The zero-order valence-electron chi connectivity index (χ0n) is 14.2. The first kappa shape index (κ1) is 13.7. The lowest BCUT2D eigenvalue weighted by molar-refractivity contribution is -0.213. The van der Waals surface area contributed by atoms with E-state index in [-0.39, 0.29) is 40.1 Å². The molecule has 0 aromatic rings. The van der Waals surface area contributed by atoms with Crippen molar-refractivity contribution in [2.45, 2.75) is 63.0 Å². The highest BCUT2D eigenvalue weighted by atomic mass is 16.3. The van der Waals surface area contributed by atoms with E-state index in [9.17, 15) is 15.3 Å². The fourth-order valence-electron chi connectivity index (χ4n) is 10.7. The van der Waals surface area contributed by atoms with E-state index in [1.165, 1.54) is 0 Å². The van der Waals surface area contributed by atoms with Gasteiger partial charge in [-0.25, -0.2) is 0 Å². The quantitative estimate of drug-likeness (QED) is 0.574. The molecule has 0 radical (unpaired) electrons. The molecule has 3 heterocycles. The number of piperidine rings is 2. The van der Waals surface area contributed by atoms with Crippen molar-refractivity contribution in [1.29, 1.82) is 0 Å². The monoisotopic (exact) mass is 329 g/mol. The summed E-state index contributed by atoms with van der Waals surface area (Å²) in [6.45, 7) is 7.72. The third-order valence-electron chi connectivity index (χ3n) is 10.1. The second kappa shape index (κ2) is 3.40. The number of fused-ring (bicyclic) bond motifs is 1. The van der Waals surface area contributed by atoms with Gasteiger partial charge in [0.15, 0.2) is 0 Å². The molecule has 0 aromatic carbocycles. The van der Waals surface area contributed by atoms with Crippen LogP contribution in [0.25, 0.3) is 0 Å². The molecule has 3 N–H and O–H groups in total. The van der Waals surface area contributed by atoms with Crippen LogP contribution in [-0.4, -0.2) is 57.2 Å². The van der Waals surface area contributed by atoms with Gasteiger partial charge in [0.1, 0.15) is 0 Å². The van der Waals surface area contributed by atoms with E-state index in [2.05, 4.69) is 18.4 Å². The van der Waals surface area contributed by atoms with Crippen molar-refractivity contribution in [3.63, 3.8) is 0 Å². The van der Waals surface area contributed by atoms with Gasteiger partial charge in [0.05, 0.1) is 18.3 Å². The summed E-state index contributed by atoms with van der Waals surface area (Å²) in [5.41, 5.74) is 1.37. The Morgan fingerprint density at radius 1 is 1.08 bits per heavy atom. The maximum Gasteiger partial charge on any atom is 0.0679 e. The predicted octanol–water partition coefficient (Wildman–Crippen LogP) is 0.764. The highest BCUT2D eigenvalue weighted by Crippen LogP contribution is 2.86. The number of aliphatic hydroxyl groups excluding tert-OH is 3. The van der Waals surface area contributed by atoms with Gasteiger partial charge in [0, 0.05) is 30.5 Å². The molecule has 9 bridgehead atoms. The summed E-state index contributed by atoms with van der Waals surface area (Å²) in [6, 6.07) is 0.999. The Bertz CT molecular complexity index is 709. The van der Waals surface area contributed by atoms with Crippen LogP contribution >= 0.6 is 0 Å².